The van der Waals surface area contributed by atoms with Crippen molar-refractivity contribution < 1.29 is 14.4 Å². The number of benzene rings is 3. The maximum absolute atomic E-state index is 13.4. The zero-order valence-corrected chi connectivity index (χ0v) is 23.6. The van der Waals surface area contributed by atoms with Crippen molar-refractivity contribution in [1.29, 1.82) is 0 Å². The summed E-state index contributed by atoms with van der Waals surface area (Å²) < 4.78 is 1.61. The van der Waals surface area contributed by atoms with Crippen LogP contribution >= 0.6 is 34.8 Å². The Morgan fingerprint density at radius 1 is 0.950 bits per heavy atom. The molecule has 3 amide bonds. The summed E-state index contributed by atoms with van der Waals surface area (Å²) in [4.78, 5) is 39.5. The minimum absolute atomic E-state index is 0.192. The van der Waals surface area contributed by atoms with E-state index in [1.54, 1.807) is 66.2 Å². The molecular weight excluding hydrogens is 573 g/mol. The van der Waals surface area contributed by atoms with Gasteiger partial charge < -0.3 is 16.0 Å². The summed E-state index contributed by atoms with van der Waals surface area (Å²) in [5, 5.41) is 8.89. The van der Waals surface area contributed by atoms with Crippen LogP contribution < -0.4 is 11.1 Å². The van der Waals surface area contributed by atoms with E-state index in [0.717, 1.165) is 12.0 Å². The first-order valence-electron chi connectivity index (χ1n) is 12.5. The van der Waals surface area contributed by atoms with Crippen molar-refractivity contribution >= 4 is 58.2 Å². The fourth-order valence-corrected chi connectivity index (χ4v) is 5.46. The molecule has 1 aliphatic heterocycles. The first-order valence-corrected chi connectivity index (χ1v) is 13.6. The van der Waals surface area contributed by atoms with Crippen LogP contribution in [0.2, 0.25) is 15.1 Å². The van der Waals surface area contributed by atoms with Gasteiger partial charge in [0.25, 0.3) is 11.8 Å². The van der Waals surface area contributed by atoms with Gasteiger partial charge in [0, 0.05) is 39.0 Å². The molecule has 3 N–H and O–H groups in total. The van der Waals surface area contributed by atoms with E-state index in [1.165, 1.54) is 4.90 Å². The summed E-state index contributed by atoms with van der Waals surface area (Å²) in [6.07, 6.45) is 1.28. The lowest BCUT2D eigenvalue weighted by Gasteiger charge is -2.22. The zero-order valence-electron chi connectivity index (χ0n) is 21.3. The van der Waals surface area contributed by atoms with Gasteiger partial charge in [-0.1, -0.05) is 46.9 Å². The molecule has 8 nitrogen and oxygen atoms in total. The molecule has 0 saturated carbocycles. The van der Waals surface area contributed by atoms with Crippen LogP contribution in [0.3, 0.4) is 0 Å². The average Bonchev–Trinajstić information content (AvgIpc) is 3.55. The Bertz CT molecular complexity index is 1620. The molecule has 11 heteroatoms. The van der Waals surface area contributed by atoms with Gasteiger partial charge in [-0.05, 0) is 74.4 Å². The molecule has 0 unspecified atom stereocenters. The predicted octanol–water partition coefficient (Wildman–Crippen LogP) is 6.15. The SMILES string of the molecule is Cc1c(C(=O)Nc2ccc(C(=O)N3CCC[C@H]3C(N)=O)cc2)nn(-c2ccc(Cl)cc2Cl)c1-c1ccc(Cl)cc1. The Morgan fingerprint density at radius 3 is 2.27 bits per heavy atom. The van der Waals surface area contributed by atoms with Crippen LogP contribution in [0.4, 0.5) is 5.69 Å². The normalized spacial score (nSPS) is 14.8. The number of nitrogens with one attached hydrogen (secondary N) is 1. The summed E-state index contributed by atoms with van der Waals surface area (Å²) in [5.74, 6) is -1.23. The fourth-order valence-electron chi connectivity index (χ4n) is 4.84. The van der Waals surface area contributed by atoms with Crippen LogP contribution in [-0.2, 0) is 4.79 Å². The molecule has 0 bridgehead atoms. The van der Waals surface area contributed by atoms with Crippen LogP contribution in [0, 0.1) is 6.92 Å². The molecule has 1 fully saturated rings. The second-order valence-corrected chi connectivity index (χ2v) is 10.7. The van der Waals surface area contributed by atoms with Gasteiger partial charge in [0.05, 0.1) is 16.4 Å². The molecule has 1 saturated heterocycles. The third-order valence-electron chi connectivity index (χ3n) is 6.82. The summed E-state index contributed by atoms with van der Waals surface area (Å²) in [6.45, 7) is 2.28. The van der Waals surface area contributed by atoms with Crippen molar-refractivity contribution in [3.8, 4) is 16.9 Å². The highest BCUT2D eigenvalue weighted by molar-refractivity contribution is 6.35. The first kappa shape index (κ1) is 27.7. The van der Waals surface area contributed by atoms with E-state index in [-0.39, 0.29) is 11.6 Å². The van der Waals surface area contributed by atoms with Gasteiger partial charge in [0.1, 0.15) is 6.04 Å². The molecule has 4 aromatic rings. The van der Waals surface area contributed by atoms with Gasteiger partial charge in [-0.25, -0.2) is 4.68 Å². The Morgan fingerprint density at radius 2 is 1.62 bits per heavy atom. The van der Waals surface area contributed by atoms with Gasteiger partial charge in [-0.2, -0.15) is 5.10 Å². The zero-order chi connectivity index (χ0) is 28.6. The first-order chi connectivity index (χ1) is 19.1. The quantitative estimate of drug-likeness (QED) is 0.278. The summed E-state index contributed by atoms with van der Waals surface area (Å²) >= 11 is 18.7. The average molecular weight is 597 g/mol. The number of rotatable bonds is 6. The molecule has 1 aromatic heterocycles. The topological polar surface area (TPSA) is 110 Å². The van der Waals surface area contributed by atoms with Gasteiger partial charge in [0.2, 0.25) is 5.91 Å². The van der Waals surface area contributed by atoms with Crippen molar-refractivity contribution in [2.75, 3.05) is 11.9 Å². The van der Waals surface area contributed by atoms with E-state index in [4.69, 9.17) is 40.5 Å². The molecule has 1 aliphatic rings. The van der Waals surface area contributed by atoms with E-state index < -0.39 is 17.9 Å². The van der Waals surface area contributed by atoms with Crippen LogP contribution in [0.15, 0.2) is 66.7 Å². The van der Waals surface area contributed by atoms with Crippen LogP contribution in [0.5, 0.6) is 0 Å². The standard InChI is InChI=1S/C29H24Cl3N5O3/c1-16-25(28(39)34-21-11-6-18(7-12-21)29(40)36-14-2-3-24(36)27(33)38)35-37(23-13-10-20(31)15-22(23)32)26(16)17-4-8-19(30)9-5-17/h4-13,15,24H,2-3,14H2,1H3,(H2,33,38)(H,34,39)/t24-/m0/s1. The van der Waals surface area contributed by atoms with E-state index >= 15 is 0 Å². The van der Waals surface area contributed by atoms with Crippen molar-refractivity contribution in [1.82, 2.24) is 14.7 Å². The minimum Gasteiger partial charge on any atom is -0.368 e. The van der Waals surface area contributed by atoms with Gasteiger partial charge in [-0.3, -0.25) is 14.4 Å². The summed E-state index contributed by atoms with van der Waals surface area (Å²) in [6, 6.07) is 18.1. The minimum atomic E-state index is -0.603. The predicted molar refractivity (Wildman–Crippen MR) is 156 cm³/mol. The smallest absolute Gasteiger partial charge is 0.276 e. The Balaban J connectivity index is 1.44. The molecule has 40 heavy (non-hydrogen) atoms. The third kappa shape index (κ3) is 5.43. The Kier molecular flexibility index (Phi) is 7.85. The highest BCUT2D eigenvalue weighted by Gasteiger charge is 2.33. The second-order valence-electron chi connectivity index (χ2n) is 9.43. The maximum atomic E-state index is 13.4. The Labute approximate surface area is 245 Å². The molecule has 2 heterocycles. The lowest BCUT2D eigenvalue weighted by atomic mass is 10.1. The fraction of sp³-hybridized carbons (Fsp3) is 0.172. The number of carbonyl (C=O) groups is 3. The van der Waals surface area contributed by atoms with E-state index in [2.05, 4.69) is 10.4 Å². The largest absolute Gasteiger partial charge is 0.368 e. The number of nitrogens with two attached hydrogens (primary N) is 1. The molecular formula is C29H24Cl3N5O3. The lowest BCUT2D eigenvalue weighted by molar-refractivity contribution is -0.121. The molecule has 5 rings (SSSR count). The number of anilines is 1. The monoisotopic (exact) mass is 595 g/mol. The van der Waals surface area contributed by atoms with E-state index in [0.29, 0.717) is 56.2 Å². The highest BCUT2D eigenvalue weighted by Crippen LogP contribution is 2.33. The number of primary amides is 1. The van der Waals surface area contributed by atoms with Crippen molar-refractivity contribution in [3.63, 3.8) is 0 Å². The lowest BCUT2D eigenvalue weighted by Crippen LogP contribution is -2.43. The van der Waals surface area contributed by atoms with Crippen molar-refractivity contribution in [2.24, 2.45) is 5.73 Å². The summed E-state index contributed by atoms with van der Waals surface area (Å²) in [7, 11) is 0. The van der Waals surface area contributed by atoms with Crippen LogP contribution in [0.1, 0.15) is 39.3 Å². The van der Waals surface area contributed by atoms with Crippen LogP contribution in [0.25, 0.3) is 16.9 Å². The van der Waals surface area contributed by atoms with Gasteiger partial charge in [0.15, 0.2) is 5.69 Å². The molecule has 0 aliphatic carbocycles. The third-order valence-corrected chi connectivity index (χ3v) is 7.61. The number of carbonyl (C=O) groups excluding carboxylic acids is 3. The highest BCUT2D eigenvalue weighted by atomic mass is 35.5. The number of hydrogen-bond acceptors (Lipinski definition) is 4. The molecule has 3 aromatic carbocycles. The second kappa shape index (κ2) is 11.3. The Hall–Kier alpha value is -3.85. The number of amides is 3. The maximum Gasteiger partial charge on any atom is 0.276 e. The van der Waals surface area contributed by atoms with Crippen molar-refractivity contribution in [2.45, 2.75) is 25.8 Å². The van der Waals surface area contributed by atoms with E-state index in [9.17, 15) is 14.4 Å². The molecule has 1 atom stereocenters. The summed E-state index contributed by atoms with van der Waals surface area (Å²) in [5.41, 5.74) is 9.15. The number of nitrogens with zero attached hydrogens (tertiary/aromatic N) is 3. The van der Waals surface area contributed by atoms with Gasteiger partial charge in [-0.15, -0.1) is 0 Å². The number of likely N-dealkylation sites (tertiary alicyclic amines) is 1. The molecule has 204 valence electrons. The number of halogens is 3. The number of aromatic nitrogens is 2. The molecule has 0 radical (unpaired) electrons. The van der Waals surface area contributed by atoms with E-state index in [1.807, 2.05) is 12.1 Å². The number of hydrogen-bond donors (Lipinski definition) is 2. The van der Waals surface area contributed by atoms with Gasteiger partial charge >= 0.3 is 0 Å². The van der Waals surface area contributed by atoms with Crippen molar-refractivity contribution in [3.05, 3.63) is 98.6 Å². The molecule has 0 spiro atoms. The van der Waals surface area contributed by atoms with Crippen LogP contribution in [-0.4, -0.2) is 45.0 Å².